The summed E-state index contributed by atoms with van der Waals surface area (Å²) in [7, 11) is 0. The minimum absolute atomic E-state index is 0.123. The maximum atomic E-state index is 12.5. The molecule has 0 spiro atoms. The van der Waals surface area contributed by atoms with Crippen LogP contribution in [0.4, 0.5) is 19.0 Å². The summed E-state index contributed by atoms with van der Waals surface area (Å²) in [6, 6.07) is 8.29. The summed E-state index contributed by atoms with van der Waals surface area (Å²) < 4.78 is 37.5. The minimum atomic E-state index is -4.34. The van der Waals surface area contributed by atoms with Crippen LogP contribution in [0.15, 0.2) is 36.4 Å². The number of anilines is 1. The van der Waals surface area contributed by atoms with Crippen molar-refractivity contribution in [1.82, 2.24) is 4.98 Å². The Morgan fingerprint density at radius 3 is 2.36 bits per heavy atom. The van der Waals surface area contributed by atoms with Crippen molar-refractivity contribution in [1.29, 1.82) is 5.41 Å². The molecule has 0 fully saturated rings. The zero-order valence-electron chi connectivity index (χ0n) is 11.8. The number of nitrogens with zero attached hydrogens (tertiary/aromatic N) is 1. The van der Waals surface area contributed by atoms with Crippen LogP contribution in [0.25, 0.3) is 0 Å². The summed E-state index contributed by atoms with van der Waals surface area (Å²) >= 11 is 0. The number of rotatable bonds is 4. The highest BCUT2D eigenvalue weighted by Gasteiger charge is 2.29. The van der Waals surface area contributed by atoms with E-state index in [1.807, 2.05) is 0 Å². The molecule has 2 aromatic rings. The average molecular weight is 308 g/mol. The second kappa shape index (κ2) is 6.05. The zero-order valence-corrected chi connectivity index (χ0v) is 11.8. The van der Waals surface area contributed by atoms with E-state index in [2.05, 4.69) is 10.3 Å². The Hall–Kier alpha value is -2.57. The van der Waals surface area contributed by atoms with Gasteiger partial charge in [0.05, 0.1) is 11.1 Å². The molecule has 0 unspecified atom stereocenters. The fourth-order valence-electron chi connectivity index (χ4n) is 1.91. The highest BCUT2D eigenvalue weighted by molar-refractivity contribution is 5.99. The Labute approximate surface area is 125 Å². The smallest absolute Gasteiger partial charge is 0.384 e. The zero-order chi connectivity index (χ0) is 16.3. The number of amidine groups is 1. The van der Waals surface area contributed by atoms with Gasteiger partial charge in [-0.25, -0.2) is 4.98 Å². The van der Waals surface area contributed by atoms with E-state index in [1.54, 1.807) is 19.1 Å². The van der Waals surface area contributed by atoms with Crippen LogP contribution in [0.1, 0.15) is 22.4 Å². The molecule has 0 aliphatic rings. The van der Waals surface area contributed by atoms with Crippen LogP contribution in [-0.4, -0.2) is 10.8 Å². The number of pyridine rings is 1. The first kappa shape index (κ1) is 15.8. The van der Waals surface area contributed by atoms with Crippen LogP contribution in [0.5, 0.6) is 0 Å². The first-order valence-electron chi connectivity index (χ1n) is 6.49. The van der Waals surface area contributed by atoms with Crippen LogP contribution >= 0.6 is 0 Å². The predicted molar refractivity (Wildman–Crippen MR) is 78.8 cm³/mol. The lowest BCUT2D eigenvalue weighted by Gasteiger charge is -2.12. The first-order chi connectivity index (χ1) is 10.3. The summed E-state index contributed by atoms with van der Waals surface area (Å²) in [5, 5.41) is 10.5. The van der Waals surface area contributed by atoms with Gasteiger partial charge in [-0.05, 0) is 36.8 Å². The third kappa shape index (κ3) is 3.75. The van der Waals surface area contributed by atoms with Crippen molar-refractivity contribution in [2.24, 2.45) is 5.73 Å². The fraction of sp³-hybridized carbons (Fsp3) is 0.200. The SMILES string of the molecule is Cc1ccc(C(=N)N)c(NCc2ccc(C(F)(F)F)cc2)n1. The van der Waals surface area contributed by atoms with Crippen LogP contribution in [0.2, 0.25) is 0 Å². The normalized spacial score (nSPS) is 11.3. The average Bonchev–Trinajstić information content (AvgIpc) is 2.44. The molecule has 0 saturated heterocycles. The molecule has 0 bridgehead atoms. The van der Waals surface area contributed by atoms with E-state index in [0.717, 1.165) is 17.8 Å². The molecule has 0 saturated carbocycles. The Morgan fingerprint density at radius 2 is 1.82 bits per heavy atom. The molecule has 4 N–H and O–H groups in total. The lowest BCUT2D eigenvalue weighted by Crippen LogP contribution is -2.16. The van der Waals surface area contributed by atoms with Gasteiger partial charge in [0.25, 0.3) is 0 Å². The van der Waals surface area contributed by atoms with Crippen LogP contribution in [0.3, 0.4) is 0 Å². The minimum Gasteiger partial charge on any atom is -0.384 e. The number of hydrogen-bond donors (Lipinski definition) is 3. The lowest BCUT2D eigenvalue weighted by atomic mass is 10.1. The molecule has 7 heteroatoms. The Bertz CT molecular complexity index is 678. The molecule has 1 heterocycles. The maximum absolute atomic E-state index is 12.5. The van der Waals surface area contributed by atoms with Crippen molar-refractivity contribution < 1.29 is 13.2 Å². The number of nitrogens with one attached hydrogen (secondary N) is 2. The molecule has 1 aromatic heterocycles. The highest BCUT2D eigenvalue weighted by Crippen LogP contribution is 2.29. The van der Waals surface area contributed by atoms with E-state index in [4.69, 9.17) is 11.1 Å². The van der Waals surface area contributed by atoms with E-state index in [-0.39, 0.29) is 12.4 Å². The predicted octanol–water partition coefficient (Wildman–Crippen LogP) is 3.30. The molecule has 4 nitrogen and oxygen atoms in total. The van der Waals surface area contributed by atoms with E-state index in [9.17, 15) is 13.2 Å². The molecule has 116 valence electrons. The monoisotopic (exact) mass is 308 g/mol. The van der Waals surface area contributed by atoms with E-state index < -0.39 is 11.7 Å². The molecule has 0 atom stereocenters. The summed E-state index contributed by atoms with van der Waals surface area (Å²) in [4.78, 5) is 4.25. The first-order valence-corrected chi connectivity index (χ1v) is 6.49. The van der Waals surface area contributed by atoms with Crippen LogP contribution in [0, 0.1) is 12.3 Å². The second-order valence-electron chi connectivity index (χ2n) is 4.81. The quantitative estimate of drug-likeness (QED) is 0.599. The largest absolute Gasteiger partial charge is 0.416 e. The second-order valence-corrected chi connectivity index (χ2v) is 4.81. The van der Waals surface area contributed by atoms with Gasteiger partial charge in [-0.15, -0.1) is 0 Å². The van der Waals surface area contributed by atoms with Crippen LogP contribution < -0.4 is 11.1 Å². The number of halogens is 3. The van der Waals surface area contributed by atoms with Gasteiger partial charge in [-0.1, -0.05) is 12.1 Å². The number of aromatic nitrogens is 1. The van der Waals surface area contributed by atoms with Crippen molar-refractivity contribution in [3.63, 3.8) is 0 Å². The Kier molecular flexibility index (Phi) is 4.35. The molecule has 0 aliphatic heterocycles. The molecule has 0 amide bonds. The number of hydrogen-bond acceptors (Lipinski definition) is 3. The third-order valence-corrected chi connectivity index (χ3v) is 3.07. The lowest BCUT2D eigenvalue weighted by molar-refractivity contribution is -0.137. The Morgan fingerprint density at radius 1 is 1.18 bits per heavy atom. The van der Waals surface area contributed by atoms with Gasteiger partial charge in [-0.3, -0.25) is 5.41 Å². The molecule has 1 aromatic carbocycles. The van der Waals surface area contributed by atoms with Gasteiger partial charge < -0.3 is 11.1 Å². The third-order valence-electron chi connectivity index (χ3n) is 3.07. The summed E-state index contributed by atoms with van der Waals surface area (Å²) in [5.41, 5.74) is 6.67. The van der Waals surface area contributed by atoms with Gasteiger partial charge in [0.1, 0.15) is 11.7 Å². The molecule has 0 radical (unpaired) electrons. The molecular weight excluding hydrogens is 293 g/mol. The number of aryl methyl sites for hydroxylation is 1. The van der Waals surface area contributed by atoms with Crippen molar-refractivity contribution in [2.75, 3.05) is 5.32 Å². The topological polar surface area (TPSA) is 74.8 Å². The number of nitrogens with two attached hydrogens (primary N) is 1. The number of nitrogen functional groups attached to an aromatic ring is 1. The fourth-order valence-corrected chi connectivity index (χ4v) is 1.91. The Balaban J connectivity index is 2.13. The maximum Gasteiger partial charge on any atom is 0.416 e. The van der Waals surface area contributed by atoms with Gasteiger partial charge in [0.2, 0.25) is 0 Å². The van der Waals surface area contributed by atoms with E-state index >= 15 is 0 Å². The summed E-state index contributed by atoms with van der Waals surface area (Å²) in [5.74, 6) is 0.315. The molecular formula is C15H15F3N4. The summed E-state index contributed by atoms with van der Waals surface area (Å²) in [6.07, 6.45) is -4.34. The van der Waals surface area contributed by atoms with Gasteiger partial charge in [-0.2, -0.15) is 13.2 Å². The number of alkyl halides is 3. The van der Waals surface area contributed by atoms with Crippen molar-refractivity contribution in [3.05, 3.63) is 58.8 Å². The van der Waals surface area contributed by atoms with Crippen molar-refractivity contribution in [2.45, 2.75) is 19.6 Å². The van der Waals surface area contributed by atoms with Crippen LogP contribution in [-0.2, 0) is 12.7 Å². The molecule has 0 aliphatic carbocycles. The molecule has 22 heavy (non-hydrogen) atoms. The van der Waals surface area contributed by atoms with Gasteiger partial charge in [0, 0.05) is 12.2 Å². The summed E-state index contributed by atoms with van der Waals surface area (Å²) in [6.45, 7) is 2.09. The van der Waals surface area contributed by atoms with E-state index in [0.29, 0.717) is 16.9 Å². The van der Waals surface area contributed by atoms with Crippen molar-refractivity contribution >= 4 is 11.7 Å². The van der Waals surface area contributed by atoms with Gasteiger partial charge in [0.15, 0.2) is 0 Å². The number of benzene rings is 1. The molecule has 2 rings (SSSR count). The van der Waals surface area contributed by atoms with Gasteiger partial charge >= 0.3 is 6.18 Å². The van der Waals surface area contributed by atoms with Crippen molar-refractivity contribution in [3.8, 4) is 0 Å². The standard InChI is InChI=1S/C15H15F3N4/c1-9-2-7-12(13(19)20)14(22-9)21-8-10-3-5-11(6-4-10)15(16,17)18/h2-7H,8H2,1H3,(H3,19,20)(H,21,22). The highest BCUT2D eigenvalue weighted by atomic mass is 19.4. The van der Waals surface area contributed by atoms with E-state index in [1.165, 1.54) is 12.1 Å².